The molecule has 2 aromatic rings. The molecule has 2 unspecified atom stereocenters. The highest BCUT2D eigenvalue weighted by atomic mass is 19.1. The summed E-state index contributed by atoms with van der Waals surface area (Å²) in [5.74, 6) is 0.357. The quantitative estimate of drug-likeness (QED) is 0.883. The molecule has 0 radical (unpaired) electrons. The van der Waals surface area contributed by atoms with E-state index in [4.69, 9.17) is 10.5 Å². The SMILES string of the molecule is NC1CCC(C(=O)Nc2ccc(OCc3ccccc3F)cc2)C1. The third-order valence-electron chi connectivity index (χ3n) is 4.32. The third kappa shape index (κ3) is 4.11. The second kappa shape index (κ2) is 7.45. The monoisotopic (exact) mass is 328 g/mol. The minimum absolute atomic E-state index is 0.00279. The van der Waals surface area contributed by atoms with E-state index < -0.39 is 0 Å². The highest BCUT2D eigenvalue weighted by Gasteiger charge is 2.27. The average Bonchev–Trinajstić information content (AvgIpc) is 3.02. The number of carbonyl (C=O) groups is 1. The fourth-order valence-electron chi connectivity index (χ4n) is 2.91. The smallest absolute Gasteiger partial charge is 0.227 e. The van der Waals surface area contributed by atoms with Crippen molar-refractivity contribution in [1.29, 1.82) is 0 Å². The fourth-order valence-corrected chi connectivity index (χ4v) is 2.91. The number of hydrogen-bond acceptors (Lipinski definition) is 3. The molecule has 0 aliphatic heterocycles. The molecule has 0 aromatic heterocycles. The van der Waals surface area contributed by atoms with Gasteiger partial charge in [-0.05, 0) is 49.6 Å². The van der Waals surface area contributed by atoms with Gasteiger partial charge in [0.1, 0.15) is 18.2 Å². The Bertz CT molecular complexity index is 703. The summed E-state index contributed by atoms with van der Waals surface area (Å²) in [7, 11) is 0. The van der Waals surface area contributed by atoms with Crippen LogP contribution < -0.4 is 15.8 Å². The molecule has 0 spiro atoms. The predicted molar refractivity (Wildman–Crippen MR) is 91.1 cm³/mol. The van der Waals surface area contributed by atoms with Crippen LogP contribution >= 0.6 is 0 Å². The topological polar surface area (TPSA) is 64.4 Å². The zero-order chi connectivity index (χ0) is 16.9. The van der Waals surface area contributed by atoms with Crippen LogP contribution in [0.3, 0.4) is 0 Å². The lowest BCUT2D eigenvalue weighted by atomic mass is 10.1. The first kappa shape index (κ1) is 16.5. The van der Waals surface area contributed by atoms with Crippen LogP contribution in [-0.2, 0) is 11.4 Å². The van der Waals surface area contributed by atoms with Crippen molar-refractivity contribution in [3.63, 3.8) is 0 Å². The minimum atomic E-state index is -0.281. The molecule has 0 bridgehead atoms. The Morgan fingerprint density at radius 2 is 1.92 bits per heavy atom. The van der Waals surface area contributed by atoms with E-state index in [1.54, 1.807) is 42.5 Å². The van der Waals surface area contributed by atoms with Gasteiger partial charge in [-0.1, -0.05) is 18.2 Å². The average molecular weight is 328 g/mol. The second-order valence-corrected chi connectivity index (χ2v) is 6.16. The standard InChI is InChI=1S/C19H21FN2O2/c20-18-4-2-1-3-14(18)12-24-17-9-7-16(8-10-17)22-19(23)13-5-6-15(21)11-13/h1-4,7-10,13,15H,5-6,11-12,21H2,(H,22,23). The Morgan fingerprint density at radius 1 is 1.17 bits per heavy atom. The van der Waals surface area contributed by atoms with Crippen LogP contribution in [0.1, 0.15) is 24.8 Å². The van der Waals surface area contributed by atoms with Crippen molar-refractivity contribution in [3.05, 3.63) is 59.9 Å². The molecule has 2 aromatic carbocycles. The number of carbonyl (C=O) groups excluding carboxylic acids is 1. The molecule has 126 valence electrons. The highest BCUT2D eigenvalue weighted by molar-refractivity contribution is 5.92. The predicted octanol–water partition coefficient (Wildman–Crippen LogP) is 3.47. The number of nitrogens with one attached hydrogen (secondary N) is 1. The van der Waals surface area contributed by atoms with Gasteiger partial charge in [0.2, 0.25) is 5.91 Å². The first-order chi connectivity index (χ1) is 11.6. The molecular weight excluding hydrogens is 307 g/mol. The Labute approximate surface area is 140 Å². The van der Waals surface area contributed by atoms with Gasteiger partial charge in [0, 0.05) is 23.2 Å². The number of anilines is 1. The van der Waals surface area contributed by atoms with Crippen LogP contribution in [0.2, 0.25) is 0 Å². The van der Waals surface area contributed by atoms with Gasteiger partial charge in [-0.3, -0.25) is 4.79 Å². The molecule has 1 saturated carbocycles. The number of nitrogens with two attached hydrogens (primary N) is 1. The molecule has 4 nitrogen and oxygen atoms in total. The summed E-state index contributed by atoms with van der Waals surface area (Å²) < 4.78 is 19.1. The lowest BCUT2D eigenvalue weighted by molar-refractivity contribution is -0.119. The Balaban J connectivity index is 1.53. The normalized spacial score (nSPS) is 19.9. The summed E-state index contributed by atoms with van der Waals surface area (Å²) in [4.78, 5) is 12.2. The first-order valence-corrected chi connectivity index (χ1v) is 8.14. The van der Waals surface area contributed by atoms with Crippen molar-refractivity contribution in [2.24, 2.45) is 11.7 Å². The maximum Gasteiger partial charge on any atom is 0.227 e. The molecule has 1 aliphatic carbocycles. The third-order valence-corrected chi connectivity index (χ3v) is 4.32. The molecule has 1 aliphatic rings. The number of rotatable bonds is 5. The number of halogens is 1. The molecule has 3 rings (SSSR count). The fraction of sp³-hybridized carbons (Fsp3) is 0.316. The van der Waals surface area contributed by atoms with Gasteiger partial charge < -0.3 is 15.8 Å². The molecule has 5 heteroatoms. The van der Waals surface area contributed by atoms with Crippen LogP contribution in [-0.4, -0.2) is 11.9 Å². The van der Waals surface area contributed by atoms with Gasteiger partial charge in [-0.25, -0.2) is 4.39 Å². The largest absolute Gasteiger partial charge is 0.489 e. The van der Waals surface area contributed by atoms with Crippen molar-refractivity contribution in [1.82, 2.24) is 0 Å². The van der Waals surface area contributed by atoms with Crippen molar-refractivity contribution < 1.29 is 13.9 Å². The first-order valence-electron chi connectivity index (χ1n) is 8.14. The van der Waals surface area contributed by atoms with E-state index in [0.717, 1.165) is 24.9 Å². The summed E-state index contributed by atoms with van der Waals surface area (Å²) in [6.07, 6.45) is 2.49. The summed E-state index contributed by atoms with van der Waals surface area (Å²) in [5.41, 5.74) is 7.07. The van der Waals surface area contributed by atoms with Gasteiger partial charge in [0.15, 0.2) is 0 Å². The Hall–Kier alpha value is -2.40. The van der Waals surface area contributed by atoms with Crippen molar-refractivity contribution in [2.45, 2.75) is 31.9 Å². The summed E-state index contributed by atoms with van der Waals surface area (Å²) in [6, 6.07) is 13.7. The van der Waals surface area contributed by atoms with Crippen molar-refractivity contribution in [2.75, 3.05) is 5.32 Å². The van der Waals surface area contributed by atoms with E-state index in [9.17, 15) is 9.18 Å². The van der Waals surface area contributed by atoms with Crippen LogP contribution in [0.5, 0.6) is 5.75 Å². The van der Waals surface area contributed by atoms with Crippen LogP contribution in [0, 0.1) is 11.7 Å². The summed E-state index contributed by atoms with van der Waals surface area (Å²) in [6.45, 7) is 0.165. The molecule has 2 atom stereocenters. The van der Waals surface area contributed by atoms with Crippen molar-refractivity contribution in [3.8, 4) is 5.75 Å². The van der Waals surface area contributed by atoms with E-state index in [1.807, 2.05) is 0 Å². The highest BCUT2D eigenvalue weighted by Crippen LogP contribution is 2.26. The van der Waals surface area contributed by atoms with Gasteiger partial charge >= 0.3 is 0 Å². The lowest BCUT2D eigenvalue weighted by Crippen LogP contribution is -2.23. The zero-order valence-electron chi connectivity index (χ0n) is 13.4. The van der Waals surface area contributed by atoms with Crippen LogP contribution in [0.15, 0.2) is 48.5 Å². The number of ether oxygens (including phenoxy) is 1. The molecule has 1 fully saturated rings. The van der Waals surface area contributed by atoms with E-state index in [1.165, 1.54) is 6.07 Å². The molecule has 0 heterocycles. The van der Waals surface area contributed by atoms with E-state index in [-0.39, 0.29) is 30.3 Å². The van der Waals surface area contributed by atoms with Gasteiger partial charge in [-0.2, -0.15) is 0 Å². The summed E-state index contributed by atoms with van der Waals surface area (Å²) >= 11 is 0. The Kier molecular flexibility index (Phi) is 5.11. The zero-order valence-corrected chi connectivity index (χ0v) is 13.4. The molecule has 3 N–H and O–H groups in total. The van der Waals surface area contributed by atoms with Gasteiger partial charge in [0.05, 0.1) is 0 Å². The van der Waals surface area contributed by atoms with E-state index in [2.05, 4.69) is 5.32 Å². The summed E-state index contributed by atoms with van der Waals surface area (Å²) in [5, 5.41) is 2.90. The Morgan fingerprint density at radius 3 is 2.58 bits per heavy atom. The maximum absolute atomic E-state index is 13.5. The molecular formula is C19H21FN2O2. The second-order valence-electron chi connectivity index (χ2n) is 6.16. The van der Waals surface area contributed by atoms with Gasteiger partial charge in [-0.15, -0.1) is 0 Å². The minimum Gasteiger partial charge on any atom is -0.489 e. The van der Waals surface area contributed by atoms with Crippen molar-refractivity contribution >= 4 is 11.6 Å². The molecule has 1 amide bonds. The molecule has 24 heavy (non-hydrogen) atoms. The van der Waals surface area contributed by atoms with Crippen LogP contribution in [0.4, 0.5) is 10.1 Å². The number of hydrogen-bond donors (Lipinski definition) is 2. The number of benzene rings is 2. The van der Waals surface area contributed by atoms with E-state index >= 15 is 0 Å². The lowest BCUT2D eigenvalue weighted by Gasteiger charge is -2.12. The van der Waals surface area contributed by atoms with E-state index in [0.29, 0.717) is 11.3 Å². The molecule has 0 saturated heterocycles. The van der Waals surface area contributed by atoms with Crippen LogP contribution in [0.25, 0.3) is 0 Å². The maximum atomic E-state index is 13.5. The number of amides is 1. The van der Waals surface area contributed by atoms with Gasteiger partial charge in [0.25, 0.3) is 0 Å².